The normalized spacial score (nSPS) is 20.6. The van der Waals surface area contributed by atoms with E-state index in [2.05, 4.69) is 10.6 Å². The third-order valence-electron chi connectivity index (χ3n) is 7.57. The smallest absolute Gasteiger partial charge is 0.338 e. The molecule has 2 aromatic rings. The number of rotatable bonds is 5. The van der Waals surface area contributed by atoms with Crippen molar-refractivity contribution in [2.75, 3.05) is 40.1 Å². The number of hydrogen-bond acceptors (Lipinski definition) is 9. The van der Waals surface area contributed by atoms with Gasteiger partial charge in [0.05, 0.1) is 18.2 Å². The van der Waals surface area contributed by atoms with Crippen LogP contribution in [0.2, 0.25) is 0 Å². The number of nitrogens with zero attached hydrogens (tertiary/aromatic N) is 2. The molecule has 12 nitrogen and oxygen atoms in total. The minimum atomic E-state index is -1.31. The van der Waals surface area contributed by atoms with E-state index in [0.717, 1.165) is 11.1 Å². The standard InChI is InChI=1S/C31H36N4O8S/c1-18(36)35-14-6-9-26(35)28(38)32-24-15-43-31(41)22-8-5-7-21(19-10-12-20(13-11-19)30(40)42-4)23(22)16-44-17-25(33-27(24)37)29(39)34(2)3/h5,7-8,10-13,24-26H,6,9,14-17H2,1-4H3,(H,32,38)(H,33,37)/t24-,25-,26+/m1/s1. The number of hydrogen-bond donors (Lipinski definition) is 2. The Morgan fingerprint density at radius 2 is 1.77 bits per heavy atom. The summed E-state index contributed by atoms with van der Waals surface area (Å²) < 4.78 is 10.4. The van der Waals surface area contributed by atoms with Crippen LogP contribution in [0.5, 0.6) is 0 Å². The van der Waals surface area contributed by atoms with Gasteiger partial charge < -0.3 is 29.9 Å². The zero-order valence-electron chi connectivity index (χ0n) is 25.1. The van der Waals surface area contributed by atoms with E-state index < -0.39 is 48.5 Å². The van der Waals surface area contributed by atoms with E-state index in [-0.39, 0.29) is 23.1 Å². The molecule has 44 heavy (non-hydrogen) atoms. The van der Waals surface area contributed by atoms with Gasteiger partial charge >= 0.3 is 11.9 Å². The van der Waals surface area contributed by atoms with Crippen molar-refractivity contribution in [2.45, 2.75) is 43.6 Å². The lowest BCUT2D eigenvalue weighted by Gasteiger charge is -2.28. The van der Waals surface area contributed by atoms with Gasteiger partial charge in [-0.1, -0.05) is 24.3 Å². The Balaban J connectivity index is 1.67. The van der Waals surface area contributed by atoms with Crippen LogP contribution in [0.1, 0.15) is 46.0 Å². The second-order valence-corrected chi connectivity index (χ2v) is 11.8. The molecule has 1 fully saturated rings. The fraction of sp³-hybridized carbons (Fsp3) is 0.419. The Kier molecular flexibility index (Phi) is 10.6. The molecule has 3 atom stereocenters. The van der Waals surface area contributed by atoms with E-state index in [1.54, 1.807) is 50.5 Å². The molecule has 1 saturated heterocycles. The summed E-state index contributed by atoms with van der Waals surface area (Å²) in [5.74, 6) is -2.46. The van der Waals surface area contributed by atoms with Crippen molar-refractivity contribution in [3.8, 4) is 11.1 Å². The lowest BCUT2D eigenvalue weighted by atomic mass is 9.95. The monoisotopic (exact) mass is 624 g/mol. The van der Waals surface area contributed by atoms with Gasteiger partial charge in [-0.3, -0.25) is 19.2 Å². The average molecular weight is 625 g/mol. The zero-order valence-corrected chi connectivity index (χ0v) is 25.9. The van der Waals surface area contributed by atoms with Gasteiger partial charge in [0.1, 0.15) is 24.7 Å². The number of amides is 4. The molecule has 0 unspecified atom stereocenters. The van der Waals surface area contributed by atoms with Crippen LogP contribution in [-0.2, 0) is 34.4 Å². The molecule has 0 aromatic heterocycles. The van der Waals surface area contributed by atoms with Gasteiger partial charge in [0.15, 0.2) is 0 Å². The van der Waals surface area contributed by atoms with Crippen LogP contribution in [0.4, 0.5) is 0 Å². The van der Waals surface area contributed by atoms with Gasteiger partial charge in [0.25, 0.3) is 0 Å². The molecule has 0 radical (unpaired) electrons. The molecule has 0 spiro atoms. The number of nitrogens with one attached hydrogen (secondary N) is 2. The summed E-state index contributed by atoms with van der Waals surface area (Å²) in [5, 5.41) is 5.37. The fourth-order valence-corrected chi connectivity index (χ4v) is 6.34. The first-order valence-electron chi connectivity index (χ1n) is 14.2. The molecule has 234 valence electrons. The third kappa shape index (κ3) is 7.39. The van der Waals surface area contributed by atoms with Crippen molar-refractivity contribution in [1.82, 2.24) is 20.4 Å². The first-order valence-corrected chi connectivity index (χ1v) is 15.3. The van der Waals surface area contributed by atoms with E-state index in [0.29, 0.717) is 36.3 Å². The van der Waals surface area contributed by atoms with Crippen LogP contribution in [0, 0.1) is 0 Å². The minimum absolute atomic E-state index is 0.189. The highest BCUT2D eigenvalue weighted by Gasteiger charge is 2.36. The highest BCUT2D eigenvalue weighted by Crippen LogP contribution is 2.31. The van der Waals surface area contributed by atoms with Gasteiger partial charge in [-0.05, 0) is 47.7 Å². The van der Waals surface area contributed by atoms with Crippen molar-refractivity contribution in [2.24, 2.45) is 0 Å². The maximum absolute atomic E-state index is 13.4. The summed E-state index contributed by atoms with van der Waals surface area (Å²) in [6.45, 7) is 1.32. The van der Waals surface area contributed by atoms with Crippen molar-refractivity contribution in [3.63, 3.8) is 0 Å². The number of thioether (sulfide) groups is 1. The van der Waals surface area contributed by atoms with Gasteiger partial charge in [-0.2, -0.15) is 11.8 Å². The van der Waals surface area contributed by atoms with Crippen molar-refractivity contribution in [1.29, 1.82) is 0 Å². The van der Waals surface area contributed by atoms with Gasteiger partial charge in [-0.25, -0.2) is 9.59 Å². The number of carbonyl (C=O) groups is 6. The number of cyclic esters (lactones) is 1. The SMILES string of the molecule is COC(=O)c1ccc(-c2cccc3c2CSC[C@H](C(=O)N(C)C)NC(=O)[C@H](NC(=O)[C@@H]2CCCN2C(C)=O)COC3=O)cc1. The molecule has 13 heteroatoms. The molecule has 2 aliphatic heterocycles. The Bertz CT molecular complexity index is 1440. The van der Waals surface area contributed by atoms with Crippen LogP contribution in [0.3, 0.4) is 0 Å². The summed E-state index contributed by atoms with van der Waals surface area (Å²) in [4.78, 5) is 79.9. The molecule has 0 bridgehead atoms. The van der Waals surface area contributed by atoms with Crippen LogP contribution in [-0.4, -0.2) is 104 Å². The van der Waals surface area contributed by atoms with Crippen LogP contribution in [0.25, 0.3) is 11.1 Å². The molecule has 2 heterocycles. The molecule has 0 aliphatic carbocycles. The quantitative estimate of drug-likeness (QED) is 0.473. The number of likely N-dealkylation sites (N-methyl/N-ethyl adjacent to an activating group) is 1. The maximum atomic E-state index is 13.4. The minimum Gasteiger partial charge on any atom is -0.465 e. The second kappa shape index (κ2) is 14.4. The van der Waals surface area contributed by atoms with Crippen LogP contribution in [0.15, 0.2) is 42.5 Å². The van der Waals surface area contributed by atoms with Crippen LogP contribution < -0.4 is 10.6 Å². The third-order valence-corrected chi connectivity index (χ3v) is 8.64. The number of fused-ring (bicyclic) bond motifs is 1. The van der Waals surface area contributed by atoms with Gasteiger partial charge in [0, 0.05) is 39.1 Å². The summed E-state index contributed by atoms with van der Waals surface area (Å²) >= 11 is 1.35. The molecule has 2 aromatic carbocycles. The summed E-state index contributed by atoms with van der Waals surface area (Å²) in [6, 6.07) is 8.98. The van der Waals surface area contributed by atoms with E-state index in [9.17, 15) is 28.8 Å². The molecule has 2 aliphatic rings. The summed E-state index contributed by atoms with van der Waals surface area (Å²) in [7, 11) is 4.47. The zero-order chi connectivity index (χ0) is 32.0. The predicted molar refractivity (Wildman–Crippen MR) is 163 cm³/mol. The van der Waals surface area contributed by atoms with E-state index >= 15 is 0 Å². The number of methoxy groups -OCH3 is 1. The van der Waals surface area contributed by atoms with E-state index in [4.69, 9.17) is 9.47 Å². The average Bonchev–Trinajstić information content (AvgIpc) is 3.52. The molecule has 2 N–H and O–H groups in total. The number of ether oxygens (including phenoxy) is 2. The molecular weight excluding hydrogens is 588 g/mol. The number of esters is 2. The number of carbonyl (C=O) groups excluding carboxylic acids is 6. The largest absolute Gasteiger partial charge is 0.465 e. The molecule has 0 saturated carbocycles. The molecule has 4 rings (SSSR count). The number of likely N-dealkylation sites (tertiary alicyclic amines) is 1. The van der Waals surface area contributed by atoms with E-state index in [1.807, 2.05) is 6.07 Å². The highest BCUT2D eigenvalue weighted by atomic mass is 32.2. The maximum Gasteiger partial charge on any atom is 0.338 e. The first-order chi connectivity index (χ1) is 21.0. The van der Waals surface area contributed by atoms with Crippen molar-refractivity contribution < 1.29 is 38.2 Å². The Labute approximate surface area is 259 Å². The van der Waals surface area contributed by atoms with E-state index in [1.165, 1.54) is 35.6 Å². The Morgan fingerprint density at radius 1 is 1.07 bits per heavy atom. The predicted octanol–water partition coefficient (Wildman–Crippen LogP) is 1.61. The lowest BCUT2D eigenvalue weighted by molar-refractivity contribution is -0.139. The fourth-order valence-electron chi connectivity index (χ4n) is 5.25. The Morgan fingerprint density at radius 3 is 2.43 bits per heavy atom. The first kappa shape index (κ1) is 32.5. The van der Waals surface area contributed by atoms with Gasteiger partial charge in [0.2, 0.25) is 23.6 Å². The van der Waals surface area contributed by atoms with Crippen molar-refractivity contribution in [3.05, 3.63) is 59.2 Å². The summed E-state index contributed by atoms with van der Waals surface area (Å²) in [6.07, 6.45) is 1.08. The highest BCUT2D eigenvalue weighted by molar-refractivity contribution is 7.98. The number of benzene rings is 2. The summed E-state index contributed by atoms with van der Waals surface area (Å²) in [5.41, 5.74) is 2.78. The Hall–Kier alpha value is -4.39. The molecular formula is C31H36N4O8S. The topological polar surface area (TPSA) is 151 Å². The van der Waals surface area contributed by atoms with Crippen LogP contribution >= 0.6 is 11.8 Å². The second-order valence-electron chi connectivity index (χ2n) is 10.7. The van der Waals surface area contributed by atoms with Crippen molar-refractivity contribution >= 4 is 47.3 Å². The van der Waals surface area contributed by atoms with Gasteiger partial charge in [-0.15, -0.1) is 0 Å². The molecule has 4 amide bonds. The lowest BCUT2D eigenvalue weighted by Crippen LogP contribution is -2.58.